The first-order valence-electron chi connectivity index (χ1n) is 7.26. The van der Waals surface area contributed by atoms with Gasteiger partial charge in [-0.05, 0) is 38.9 Å². The van der Waals surface area contributed by atoms with E-state index in [1.807, 2.05) is 32.3 Å². The fourth-order valence-electron chi connectivity index (χ4n) is 2.44. The lowest BCUT2D eigenvalue weighted by Gasteiger charge is -2.25. The highest BCUT2D eigenvalue weighted by atomic mass is 16.5. The number of ether oxygens (including phenoxy) is 1. The maximum Gasteiger partial charge on any atom is 0.249 e. The molecule has 0 radical (unpaired) electrons. The fourth-order valence-corrected chi connectivity index (χ4v) is 2.44. The predicted octanol–water partition coefficient (Wildman–Crippen LogP) is 1.45. The summed E-state index contributed by atoms with van der Waals surface area (Å²) in [5.41, 5.74) is 1.29. The van der Waals surface area contributed by atoms with Crippen LogP contribution in [0.2, 0.25) is 0 Å². The van der Waals surface area contributed by atoms with E-state index in [0.717, 1.165) is 19.3 Å². The van der Waals surface area contributed by atoms with Crippen molar-refractivity contribution in [2.45, 2.75) is 31.4 Å². The normalized spacial score (nSPS) is 20.1. The van der Waals surface area contributed by atoms with Gasteiger partial charge in [-0.1, -0.05) is 30.3 Å². The quantitative estimate of drug-likeness (QED) is 0.855. The van der Waals surface area contributed by atoms with Gasteiger partial charge in [-0.3, -0.25) is 4.79 Å². The van der Waals surface area contributed by atoms with Crippen LogP contribution in [-0.2, 0) is 16.0 Å². The number of amides is 1. The van der Waals surface area contributed by atoms with E-state index in [0.29, 0.717) is 19.2 Å². The smallest absolute Gasteiger partial charge is 0.249 e. The van der Waals surface area contributed by atoms with Gasteiger partial charge in [0.05, 0.1) is 0 Å². The van der Waals surface area contributed by atoms with Gasteiger partial charge in [0.25, 0.3) is 0 Å². The van der Waals surface area contributed by atoms with Crippen LogP contribution in [0.4, 0.5) is 0 Å². The van der Waals surface area contributed by atoms with E-state index >= 15 is 0 Å². The number of likely N-dealkylation sites (N-methyl/N-ethyl adjacent to an activating group) is 1. The SMILES string of the molecule is CN(C)[C@@H](CNC(=O)[C@H]1CCCO1)Cc1ccccc1. The monoisotopic (exact) mass is 276 g/mol. The summed E-state index contributed by atoms with van der Waals surface area (Å²) in [6, 6.07) is 10.7. The molecule has 4 heteroatoms. The van der Waals surface area contributed by atoms with E-state index in [-0.39, 0.29) is 12.0 Å². The molecule has 0 saturated carbocycles. The molecular formula is C16H24N2O2. The Kier molecular flexibility index (Phi) is 5.56. The maximum absolute atomic E-state index is 12.0. The van der Waals surface area contributed by atoms with Crippen LogP contribution in [0.15, 0.2) is 30.3 Å². The molecule has 110 valence electrons. The van der Waals surface area contributed by atoms with E-state index in [1.54, 1.807) is 0 Å². The van der Waals surface area contributed by atoms with Crippen molar-refractivity contribution >= 4 is 5.91 Å². The molecule has 4 nitrogen and oxygen atoms in total. The Balaban J connectivity index is 1.84. The third-order valence-corrected chi connectivity index (χ3v) is 3.78. The number of carbonyl (C=O) groups is 1. The van der Waals surface area contributed by atoms with Gasteiger partial charge in [0, 0.05) is 19.2 Å². The van der Waals surface area contributed by atoms with Crippen LogP contribution in [0.25, 0.3) is 0 Å². The molecule has 1 fully saturated rings. The molecule has 1 heterocycles. The van der Waals surface area contributed by atoms with Gasteiger partial charge in [-0.2, -0.15) is 0 Å². The minimum absolute atomic E-state index is 0.0300. The molecule has 2 atom stereocenters. The van der Waals surface area contributed by atoms with E-state index in [2.05, 4.69) is 22.3 Å². The summed E-state index contributed by atoms with van der Waals surface area (Å²) < 4.78 is 5.40. The summed E-state index contributed by atoms with van der Waals surface area (Å²) in [5.74, 6) is 0.0300. The van der Waals surface area contributed by atoms with Crippen LogP contribution in [0.3, 0.4) is 0 Å². The van der Waals surface area contributed by atoms with E-state index < -0.39 is 0 Å². The largest absolute Gasteiger partial charge is 0.368 e. The lowest BCUT2D eigenvalue weighted by Crippen LogP contribution is -2.44. The van der Waals surface area contributed by atoms with Crippen molar-refractivity contribution in [3.05, 3.63) is 35.9 Å². The van der Waals surface area contributed by atoms with Gasteiger partial charge in [0.1, 0.15) is 6.10 Å². The maximum atomic E-state index is 12.0. The Hall–Kier alpha value is -1.39. The highest BCUT2D eigenvalue weighted by Crippen LogP contribution is 2.12. The van der Waals surface area contributed by atoms with Crippen molar-refractivity contribution < 1.29 is 9.53 Å². The predicted molar refractivity (Wildman–Crippen MR) is 79.6 cm³/mol. The topological polar surface area (TPSA) is 41.6 Å². The van der Waals surface area contributed by atoms with Crippen molar-refractivity contribution in [3.8, 4) is 0 Å². The summed E-state index contributed by atoms with van der Waals surface area (Å²) in [6.45, 7) is 1.36. The Morgan fingerprint density at radius 3 is 2.75 bits per heavy atom. The average molecular weight is 276 g/mol. The van der Waals surface area contributed by atoms with Crippen LogP contribution < -0.4 is 5.32 Å². The van der Waals surface area contributed by atoms with Crippen molar-refractivity contribution in [3.63, 3.8) is 0 Å². The molecule has 1 aromatic rings. The van der Waals surface area contributed by atoms with Gasteiger partial charge in [0.15, 0.2) is 0 Å². The lowest BCUT2D eigenvalue weighted by atomic mass is 10.1. The van der Waals surface area contributed by atoms with Crippen LogP contribution in [-0.4, -0.2) is 50.2 Å². The van der Waals surface area contributed by atoms with Crippen molar-refractivity contribution in [1.82, 2.24) is 10.2 Å². The van der Waals surface area contributed by atoms with Crippen molar-refractivity contribution in [1.29, 1.82) is 0 Å². The molecule has 0 bridgehead atoms. The van der Waals surface area contributed by atoms with Crippen LogP contribution in [0.1, 0.15) is 18.4 Å². The summed E-state index contributed by atoms with van der Waals surface area (Å²) in [5, 5.41) is 3.02. The third kappa shape index (κ3) is 4.32. The lowest BCUT2D eigenvalue weighted by molar-refractivity contribution is -0.130. The summed E-state index contributed by atoms with van der Waals surface area (Å²) in [6.07, 6.45) is 2.52. The number of rotatable bonds is 6. The summed E-state index contributed by atoms with van der Waals surface area (Å²) in [4.78, 5) is 14.1. The van der Waals surface area contributed by atoms with Crippen LogP contribution in [0, 0.1) is 0 Å². The summed E-state index contributed by atoms with van der Waals surface area (Å²) >= 11 is 0. The standard InChI is InChI=1S/C16H24N2O2/c1-18(2)14(11-13-7-4-3-5-8-13)12-17-16(19)15-9-6-10-20-15/h3-5,7-8,14-15H,6,9-12H2,1-2H3,(H,17,19)/t14-,15-/m1/s1. The van der Waals surface area contributed by atoms with Gasteiger partial charge < -0.3 is 15.0 Å². The molecule has 1 aromatic carbocycles. The van der Waals surface area contributed by atoms with Crippen molar-refractivity contribution in [2.75, 3.05) is 27.2 Å². The second-order valence-electron chi connectivity index (χ2n) is 5.55. The Morgan fingerprint density at radius 2 is 2.15 bits per heavy atom. The number of hydrogen-bond acceptors (Lipinski definition) is 3. The fraction of sp³-hybridized carbons (Fsp3) is 0.562. The van der Waals surface area contributed by atoms with Crippen molar-refractivity contribution in [2.24, 2.45) is 0 Å². The second-order valence-corrected chi connectivity index (χ2v) is 5.55. The van der Waals surface area contributed by atoms with Gasteiger partial charge in [0.2, 0.25) is 5.91 Å². The number of hydrogen-bond donors (Lipinski definition) is 1. The second kappa shape index (κ2) is 7.41. The number of benzene rings is 1. The van der Waals surface area contributed by atoms with E-state index in [4.69, 9.17) is 4.74 Å². The molecule has 1 aliphatic heterocycles. The van der Waals surface area contributed by atoms with Crippen LogP contribution >= 0.6 is 0 Å². The first-order chi connectivity index (χ1) is 9.66. The highest BCUT2D eigenvalue weighted by Gasteiger charge is 2.24. The van der Waals surface area contributed by atoms with Gasteiger partial charge in [-0.15, -0.1) is 0 Å². The number of nitrogens with zero attached hydrogens (tertiary/aromatic N) is 1. The van der Waals surface area contributed by atoms with Gasteiger partial charge >= 0.3 is 0 Å². The Labute approximate surface area is 121 Å². The Morgan fingerprint density at radius 1 is 1.40 bits per heavy atom. The zero-order chi connectivity index (χ0) is 14.4. The molecule has 2 rings (SSSR count). The molecular weight excluding hydrogens is 252 g/mol. The van der Waals surface area contributed by atoms with E-state index in [9.17, 15) is 4.79 Å². The molecule has 20 heavy (non-hydrogen) atoms. The highest BCUT2D eigenvalue weighted by molar-refractivity contribution is 5.80. The minimum Gasteiger partial charge on any atom is -0.368 e. The average Bonchev–Trinajstić information content (AvgIpc) is 2.98. The van der Waals surface area contributed by atoms with Gasteiger partial charge in [-0.25, -0.2) is 0 Å². The molecule has 0 spiro atoms. The van der Waals surface area contributed by atoms with E-state index in [1.165, 1.54) is 5.56 Å². The molecule has 1 N–H and O–H groups in total. The zero-order valence-electron chi connectivity index (χ0n) is 12.3. The molecule has 1 aliphatic rings. The number of nitrogens with one attached hydrogen (secondary N) is 1. The number of carbonyl (C=O) groups excluding carboxylic acids is 1. The molecule has 0 unspecified atom stereocenters. The first-order valence-corrected chi connectivity index (χ1v) is 7.26. The Bertz CT molecular complexity index is 414. The zero-order valence-corrected chi connectivity index (χ0v) is 12.3. The third-order valence-electron chi connectivity index (χ3n) is 3.78. The molecule has 1 amide bonds. The molecule has 0 aliphatic carbocycles. The molecule has 1 saturated heterocycles. The first kappa shape index (κ1) is 15.0. The molecule has 0 aromatic heterocycles. The minimum atomic E-state index is -0.241. The summed E-state index contributed by atoms with van der Waals surface area (Å²) in [7, 11) is 4.09. The van der Waals surface area contributed by atoms with Crippen LogP contribution in [0.5, 0.6) is 0 Å².